The molecule has 1 aromatic heterocycles. The molecule has 0 spiro atoms. The Labute approximate surface area is 125 Å². The van der Waals surface area contributed by atoms with E-state index < -0.39 is 5.97 Å². The molecule has 0 aliphatic rings. The van der Waals surface area contributed by atoms with E-state index in [0.717, 1.165) is 16.9 Å². The fourth-order valence-corrected chi connectivity index (χ4v) is 2.94. The highest BCUT2D eigenvalue weighted by atomic mass is 32.1. The predicted octanol–water partition coefficient (Wildman–Crippen LogP) is 3.28. The van der Waals surface area contributed by atoms with Crippen LogP contribution in [0.15, 0.2) is 24.3 Å². The van der Waals surface area contributed by atoms with Crippen LogP contribution in [0.25, 0.3) is 0 Å². The number of rotatable bonds is 4. The Morgan fingerprint density at radius 3 is 2.57 bits per heavy atom. The molecule has 110 valence electrons. The van der Waals surface area contributed by atoms with E-state index in [-0.39, 0.29) is 22.9 Å². The first-order valence-electron chi connectivity index (χ1n) is 6.39. The number of hydrogen-bond donors (Lipinski definition) is 3. The van der Waals surface area contributed by atoms with Crippen molar-refractivity contribution >= 4 is 28.9 Å². The minimum atomic E-state index is -1.12. The van der Waals surface area contributed by atoms with Gasteiger partial charge in [0.2, 0.25) is 0 Å². The second-order valence-electron chi connectivity index (χ2n) is 4.54. The summed E-state index contributed by atoms with van der Waals surface area (Å²) < 4.78 is 0. The van der Waals surface area contributed by atoms with Crippen molar-refractivity contribution in [3.8, 4) is 5.75 Å². The molecular formula is C15H15NO4S. The van der Waals surface area contributed by atoms with Gasteiger partial charge in [0.1, 0.15) is 5.75 Å². The van der Waals surface area contributed by atoms with Gasteiger partial charge in [0.15, 0.2) is 0 Å². The first kappa shape index (κ1) is 15.1. The summed E-state index contributed by atoms with van der Waals surface area (Å²) in [5, 5.41) is 21.2. The van der Waals surface area contributed by atoms with E-state index in [1.54, 1.807) is 0 Å². The van der Waals surface area contributed by atoms with E-state index in [4.69, 9.17) is 5.11 Å². The molecule has 2 rings (SSSR count). The molecule has 1 heterocycles. The van der Waals surface area contributed by atoms with Crippen molar-refractivity contribution in [1.29, 1.82) is 0 Å². The maximum absolute atomic E-state index is 12.2. The highest BCUT2D eigenvalue weighted by Gasteiger charge is 2.15. The Morgan fingerprint density at radius 2 is 2.00 bits per heavy atom. The molecule has 0 fully saturated rings. The quantitative estimate of drug-likeness (QED) is 0.757. The zero-order valence-electron chi connectivity index (χ0n) is 11.6. The number of anilines is 1. The van der Waals surface area contributed by atoms with Crippen molar-refractivity contribution in [2.24, 2.45) is 0 Å². The lowest BCUT2D eigenvalue weighted by Gasteiger charge is -2.07. The van der Waals surface area contributed by atoms with Gasteiger partial charge in [-0.05, 0) is 43.2 Å². The first-order valence-corrected chi connectivity index (χ1v) is 7.21. The number of aryl methyl sites for hydroxylation is 2. The molecule has 1 aromatic carbocycles. The largest absolute Gasteiger partial charge is 0.506 e. The highest BCUT2D eigenvalue weighted by molar-refractivity contribution is 7.14. The predicted molar refractivity (Wildman–Crippen MR) is 81.5 cm³/mol. The van der Waals surface area contributed by atoms with Crippen molar-refractivity contribution in [3.05, 3.63) is 45.1 Å². The Bertz CT molecular complexity index is 706. The number of hydrogen-bond acceptors (Lipinski definition) is 4. The van der Waals surface area contributed by atoms with Crippen LogP contribution in [0.3, 0.4) is 0 Å². The second-order valence-corrected chi connectivity index (χ2v) is 5.79. The maximum Gasteiger partial charge on any atom is 0.335 e. The molecule has 0 aliphatic heterocycles. The topological polar surface area (TPSA) is 86.6 Å². The van der Waals surface area contributed by atoms with E-state index in [2.05, 4.69) is 5.32 Å². The molecule has 0 saturated heterocycles. The smallest absolute Gasteiger partial charge is 0.335 e. The van der Waals surface area contributed by atoms with Crippen molar-refractivity contribution in [1.82, 2.24) is 0 Å². The molecule has 1 amide bonds. The Balaban J connectivity index is 2.26. The zero-order valence-corrected chi connectivity index (χ0v) is 12.5. The number of thiophene rings is 1. The summed E-state index contributed by atoms with van der Waals surface area (Å²) in [5.41, 5.74) is 1.19. The zero-order chi connectivity index (χ0) is 15.6. The van der Waals surface area contributed by atoms with E-state index in [1.165, 1.54) is 29.5 Å². The molecule has 0 saturated carbocycles. The van der Waals surface area contributed by atoms with Gasteiger partial charge < -0.3 is 15.5 Å². The summed E-state index contributed by atoms with van der Waals surface area (Å²) in [7, 11) is 0. The van der Waals surface area contributed by atoms with Gasteiger partial charge in [0.05, 0.1) is 16.1 Å². The van der Waals surface area contributed by atoms with E-state index in [9.17, 15) is 14.7 Å². The minimum Gasteiger partial charge on any atom is -0.506 e. The average Bonchev–Trinajstić information content (AvgIpc) is 2.82. The highest BCUT2D eigenvalue weighted by Crippen LogP contribution is 2.27. The number of phenols is 1. The monoisotopic (exact) mass is 305 g/mol. The summed E-state index contributed by atoms with van der Waals surface area (Å²) in [6, 6.07) is 5.57. The SMILES string of the molecule is CCc1cc(C(=O)Nc2cc(C(=O)O)ccc2O)sc1C. The number of phenolic OH excluding ortho intramolecular Hbond substituents is 1. The van der Waals surface area contributed by atoms with Crippen molar-refractivity contribution in [3.63, 3.8) is 0 Å². The normalized spacial score (nSPS) is 10.4. The van der Waals surface area contributed by atoms with Crippen LogP contribution in [0.5, 0.6) is 5.75 Å². The fourth-order valence-electron chi connectivity index (χ4n) is 1.94. The van der Waals surface area contributed by atoms with Gasteiger partial charge in [-0.1, -0.05) is 6.92 Å². The lowest BCUT2D eigenvalue weighted by molar-refractivity contribution is 0.0696. The van der Waals surface area contributed by atoms with Gasteiger partial charge in [0.25, 0.3) is 5.91 Å². The van der Waals surface area contributed by atoms with Crippen LogP contribution in [0.4, 0.5) is 5.69 Å². The maximum atomic E-state index is 12.2. The molecule has 3 N–H and O–H groups in total. The summed E-state index contributed by atoms with van der Waals surface area (Å²) in [6.45, 7) is 3.96. The second kappa shape index (κ2) is 5.97. The van der Waals surface area contributed by atoms with Gasteiger partial charge in [-0.3, -0.25) is 4.79 Å². The standard InChI is InChI=1S/C15H15NO4S/c1-3-9-7-13(21-8(9)2)14(18)16-11-6-10(15(19)20)4-5-12(11)17/h4-7,17H,3H2,1-2H3,(H,16,18)(H,19,20). The van der Waals surface area contributed by atoms with Crippen LogP contribution in [-0.4, -0.2) is 22.1 Å². The third-order valence-electron chi connectivity index (χ3n) is 3.12. The van der Waals surface area contributed by atoms with Crippen molar-refractivity contribution in [2.75, 3.05) is 5.32 Å². The number of amides is 1. The minimum absolute atomic E-state index is 0.000271. The summed E-state index contributed by atoms with van der Waals surface area (Å²) in [5.74, 6) is -1.65. The molecule has 0 unspecified atom stereocenters. The number of nitrogens with one attached hydrogen (secondary N) is 1. The first-order chi connectivity index (χ1) is 9.92. The molecule has 2 aromatic rings. The number of carbonyl (C=O) groups is 2. The molecule has 0 radical (unpaired) electrons. The summed E-state index contributed by atoms with van der Waals surface area (Å²) in [4.78, 5) is 24.7. The third kappa shape index (κ3) is 3.22. The fraction of sp³-hybridized carbons (Fsp3) is 0.200. The van der Waals surface area contributed by atoms with E-state index in [1.807, 2.05) is 19.9 Å². The number of aromatic carboxylic acids is 1. The summed E-state index contributed by atoms with van der Waals surface area (Å²) >= 11 is 1.37. The molecule has 0 atom stereocenters. The number of carboxylic acids is 1. The number of benzene rings is 1. The molecule has 0 aliphatic carbocycles. The van der Waals surface area contributed by atoms with E-state index >= 15 is 0 Å². The van der Waals surface area contributed by atoms with Crippen LogP contribution in [0, 0.1) is 6.92 Å². The van der Waals surface area contributed by atoms with Crippen molar-refractivity contribution in [2.45, 2.75) is 20.3 Å². The Morgan fingerprint density at radius 1 is 1.29 bits per heavy atom. The number of carbonyl (C=O) groups excluding carboxylic acids is 1. The van der Waals surface area contributed by atoms with Crippen LogP contribution in [0.1, 0.15) is 37.4 Å². The summed E-state index contributed by atoms with van der Waals surface area (Å²) in [6.07, 6.45) is 0.843. The molecule has 6 heteroatoms. The number of carboxylic acid groups (broad SMARTS) is 1. The van der Waals surface area contributed by atoms with Crippen LogP contribution < -0.4 is 5.32 Å². The Kier molecular flexibility index (Phi) is 4.28. The van der Waals surface area contributed by atoms with Gasteiger partial charge in [-0.25, -0.2) is 4.79 Å². The van der Waals surface area contributed by atoms with Crippen LogP contribution in [0.2, 0.25) is 0 Å². The van der Waals surface area contributed by atoms with Gasteiger partial charge in [-0.15, -0.1) is 11.3 Å². The molecule has 21 heavy (non-hydrogen) atoms. The van der Waals surface area contributed by atoms with E-state index in [0.29, 0.717) is 4.88 Å². The lowest BCUT2D eigenvalue weighted by Crippen LogP contribution is -2.11. The molecular weight excluding hydrogens is 290 g/mol. The van der Waals surface area contributed by atoms with Crippen LogP contribution >= 0.6 is 11.3 Å². The van der Waals surface area contributed by atoms with Crippen molar-refractivity contribution < 1.29 is 19.8 Å². The Hall–Kier alpha value is -2.34. The lowest BCUT2D eigenvalue weighted by atomic mass is 10.2. The van der Waals surface area contributed by atoms with Gasteiger partial charge in [0, 0.05) is 4.88 Å². The third-order valence-corrected chi connectivity index (χ3v) is 4.21. The number of aromatic hydroxyl groups is 1. The van der Waals surface area contributed by atoms with Crippen LogP contribution in [-0.2, 0) is 6.42 Å². The molecule has 5 nitrogen and oxygen atoms in total. The molecule has 0 bridgehead atoms. The van der Waals surface area contributed by atoms with Gasteiger partial charge in [-0.2, -0.15) is 0 Å². The van der Waals surface area contributed by atoms with Gasteiger partial charge >= 0.3 is 5.97 Å². The average molecular weight is 305 g/mol.